The predicted octanol–water partition coefficient (Wildman–Crippen LogP) is 4.54. The molecular weight excluding hydrogens is 518 g/mol. The van der Waals surface area contributed by atoms with E-state index in [1.807, 2.05) is 12.1 Å². The van der Waals surface area contributed by atoms with E-state index >= 15 is 0 Å². The molecule has 1 saturated heterocycles. The van der Waals surface area contributed by atoms with Gasteiger partial charge in [0.25, 0.3) is 17.7 Å². The number of halogens is 1. The fourth-order valence-electron chi connectivity index (χ4n) is 3.74. The number of carbonyl (C=O) groups is 3. The summed E-state index contributed by atoms with van der Waals surface area (Å²) >= 11 is 7.69. The number of anilines is 1. The molecule has 3 amide bonds. The minimum Gasteiger partial charge on any atom is -0.493 e. The average molecular weight is 542 g/mol. The Labute approximate surface area is 223 Å². The molecule has 0 radical (unpaired) electrons. The first kappa shape index (κ1) is 26.2. The van der Waals surface area contributed by atoms with E-state index in [9.17, 15) is 14.4 Å². The van der Waals surface area contributed by atoms with Crippen LogP contribution in [0, 0.1) is 0 Å². The maximum atomic E-state index is 12.9. The minimum absolute atomic E-state index is 0.224. The van der Waals surface area contributed by atoms with E-state index in [2.05, 4.69) is 10.7 Å². The smallest absolute Gasteiger partial charge is 0.269 e. The van der Waals surface area contributed by atoms with Crippen LogP contribution < -0.4 is 25.0 Å². The van der Waals surface area contributed by atoms with E-state index in [4.69, 9.17) is 25.8 Å². The maximum Gasteiger partial charge on any atom is 0.269 e. The minimum atomic E-state index is -0.463. The number of carbonyl (C=O) groups excluding carboxylic acids is 3. The van der Waals surface area contributed by atoms with Crippen LogP contribution in [-0.4, -0.2) is 49.8 Å². The summed E-state index contributed by atoms with van der Waals surface area (Å²) in [4.78, 5) is 38.2. The summed E-state index contributed by atoms with van der Waals surface area (Å²) in [6.07, 6.45) is 0. The summed E-state index contributed by atoms with van der Waals surface area (Å²) in [5.74, 6) is 0.213. The number of hydrogen-bond donors (Lipinski definition) is 2. The van der Waals surface area contributed by atoms with Crippen molar-refractivity contribution in [2.45, 2.75) is 5.37 Å². The monoisotopic (exact) mass is 541 g/mol. The number of rotatable bonds is 8. The van der Waals surface area contributed by atoms with E-state index in [-0.39, 0.29) is 11.7 Å². The number of nitrogens with zero attached hydrogens (tertiary/aromatic N) is 1. The van der Waals surface area contributed by atoms with Gasteiger partial charge in [0.15, 0.2) is 11.5 Å². The Bertz CT molecular complexity index is 1310. The van der Waals surface area contributed by atoms with Crippen molar-refractivity contribution in [3.05, 3.63) is 82.4 Å². The molecule has 9 nitrogen and oxygen atoms in total. The lowest BCUT2D eigenvalue weighted by Crippen LogP contribution is -2.44. The Morgan fingerprint density at radius 1 is 0.919 bits per heavy atom. The largest absolute Gasteiger partial charge is 0.493 e. The van der Waals surface area contributed by atoms with E-state index in [1.54, 1.807) is 48.5 Å². The van der Waals surface area contributed by atoms with Crippen molar-refractivity contribution < 1.29 is 28.6 Å². The molecule has 0 aliphatic carbocycles. The van der Waals surface area contributed by atoms with Crippen LogP contribution in [0.15, 0.2) is 60.7 Å². The van der Waals surface area contributed by atoms with Gasteiger partial charge in [-0.3, -0.25) is 19.8 Å². The molecular formula is C26H24ClN3O6S. The molecule has 1 aliphatic heterocycles. The zero-order chi connectivity index (χ0) is 26.5. The number of nitrogens with one attached hydrogen (secondary N) is 2. The molecule has 4 rings (SSSR count). The van der Waals surface area contributed by atoms with Gasteiger partial charge in [-0.25, -0.2) is 5.01 Å². The summed E-state index contributed by atoms with van der Waals surface area (Å²) in [7, 11) is 4.41. The van der Waals surface area contributed by atoms with Crippen LogP contribution in [0.1, 0.15) is 31.7 Å². The van der Waals surface area contributed by atoms with Gasteiger partial charge in [0.1, 0.15) is 5.37 Å². The Kier molecular flexibility index (Phi) is 8.10. The lowest BCUT2D eigenvalue weighted by molar-refractivity contribution is -0.130. The molecule has 1 unspecified atom stereocenters. The van der Waals surface area contributed by atoms with Crippen LogP contribution in [0.25, 0.3) is 0 Å². The summed E-state index contributed by atoms with van der Waals surface area (Å²) < 4.78 is 15.9. The van der Waals surface area contributed by atoms with Gasteiger partial charge in [0, 0.05) is 27.4 Å². The Morgan fingerprint density at radius 3 is 2.16 bits per heavy atom. The highest BCUT2D eigenvalue weighted by Crippen LogP contribution is 2.40. The van der Waals surface area contributed by atoms with Crippen LogP contribution in [0.5, 0.6) is 17.2 Å². The van der Waals surface area contributed by atoms with Gasteiger partial charge >= 0.3 is 0 Å². The van der Waals surface area contributed by atoms with Gasteiger partial charge in [-0.2, -0.15) is 0 Å². The highest BCUT2D eigenvalue weighted by molar-refractivity contribution is 8.00. The standard InChI is InChI=1S/C26H24ClN3O6S/c1-34-20-12-16(13-21(35-2)23(20)36-3)24(32)28-17-10-8-15(9-11-17)25(33)29-30-22(31)14-37-26(30)18-6-4-5-7-19(18)27/h4-13,26H,14H2,1-3H3,(H,28,32)(H,29,33). The SMILES string of the molecule is COc1cc(C(=O)Nc2ccc(C(=O)NN3C(=O)CSC3c3ccccc3Cl)cc2)cc(OC)c1OC. The van der Waals surface area contributed by atoms with Crippen LogP contribution in [0.3, 0.4) is 0 Å². The lowest BCUT2D eigenvalue weighted by Gasteiger charge is -2.25. The fraction of sp³-hybridized carbons (Fsp3) is 0.192. The number of hydrogen-bond acceptors (Lipinski definition) is 7. The highest BCUT2D eigenvalue weighted by atomic mass is 35.5. The van der Waals surface area contributed by atoms with Crippen LogP contribution >= 0.6 is 23.4 Å². The maximum absolute atomic E-state index is 12.9. The fourth-order valence-corrected chi connectivity index (χ4v) is 5.19. The van der Waals surface area contributed by atoms with Gasteiger partial charge in [-0.05, 0) is 42.5 Å². The zero-order valence-electron chi connectivity index (χ0n) is 20.2. The third kappa shape index (κ3) is 5.60. The van der Waals surface area contributed by atoms with E-state index in [0.29, 0.717) is 39.1 Å². The molecule has 192 valence electrons. The Hall–Kier alpha value is -3.89. The molecule has 0 spiro atoms. The van der Waals surface area contributed by atoms with Crippen molar-refractivity contribution in [3.63, 3.8) is 0 Å². The number of methoxy groups -OCH3 is 3. The number of thioether (sulfide) groups is 1. The van der Waals surface area contributed by atoms with E-state index in [0.717, 1.165) is 5.56 Å². The van der Waals surface area contributed by atoms with Crippen LogP contribution in [-0.2, 0) is 4.79 Å². The second-order valence-corrected chi connectivity index (χ2v) is 9.31. The highest BCUT2D eigenvalue weighted by Gasteiger charge is 2.35. The number of hydrazine groups is 1. The van der Waals surface area contributed by atoms with Crippen molar-refractivity contribution >= 4 is 46.8 Å². The molecule has 0 saturated carbocycles. The third-order valence-corrected chi connectivity index (χ3v) is 7.13. The van der Waals surface area contributed by atoms with E-state index in [1.165, 1.54) is 38.1 Å². The molecule has 3 aromatic rings. The van der Waals surface area contributed by atoms with Crippen molar-refractivity contribution in [1.29, 1.82) is 0 Å². The predicted molar refractivity (Wildman–Crippen MR) is 141 cm³/mol. The molecule has 1 atom stereocenters. The quantitative estimate of drug-likeness (QED) is 0.431. The molecule has 2 N–H and O–H groups in total. The molecule has 1 fully saturated rings. The molecule has 1 aliphatic rings. The van der Waals surface area contributed by atoms with Crippen LogP contribution in [0.4, 0.5) is 5.69 Å². The normalized spacial score (nSPS) is 14.8. The number of ether oxygens (including phenoxy) is 3. The second kappa shape index (κ2) is 11.4. The van der Waals surface area contributed by atoms with Gasteiger partial charge in [-0.1, -0.05) is 29.8 Å². The first-order valence-electron chi connectivity index (χ1n) is 11.1. The lowest BCUT2D eigenvalue weighted by atomic mass is 10.1. The Morgan fingerprint density at radius 2 is 1.57 bits per heavy atom. The van der Waals surface area contributed by atoms with E-state index < -0.39 is 17.2 Å². The zero-order valence-corrected chi connectivity index (χ0v) is 21.8. The molecule has 0 bridgehead atoms. The summed E-state index contributed by atoms with van der Waals surface area (Å²) in [5.41, 5.74) is 4.50. The third-order valence-electron chi connectivity index (χ3n) is 5.59. The summed E-state index contributed by atoms with van der Waals surface area (Å²) in [5, 5.41) is 4.16. The van der Waals surface area contributed by atoms with Crippen molar-refractivity contribution in [2.75, 3.05) is 32.4 Å². The van der Waals surface area contributed by atoms with Crippen molar-refractivity contribution in [2.24, 2.45) is 0 Å². The van der Waals surface area contributed by atoms with Gasteiger partial charge < -0.3 is 19.5 Å². The average Bonchev–Trinajstić information content (AvgIpc) is 3.27. The van der Waals surface area contributed by atoms with Crippen LogP contribution in [0.2, 0.25) is 5.02 Å². The number of benzene rings is 3. The molecule has 0 aromatic heterocycles. The summed E-state index contributed by atoms with van der Waals surface area (Å²) in [6, 6.07) is 16.6. The number of amides is 3. The molecule has 1 heterocycles. The topological polar surface area (TPSA) is 106 Å². The van der Waals surface area contributed by atoms with Gasteiger partial charge in [0.05, 0.1) is 27.1 Å². The van der Waals surface area contributed by atoms with Gasteiger partial charge in [-0.15, -0.1) is 11.8 Å². The van der Waals surface area contributed by atoms with Crippen molar-refractivity contribution in [1.82, 2.24) is 10.4 Å². The first-order valence-corrected chi connectivity index (χ1v) is 12.5. The second-order valence-electron chi connectivity index (χ2n) is 7.84. The van der Waals surface area contributed by atoms with Crippen molar-refractivity contribution in [3.8, 4) is 17.2 Å². The molecule has 11 heteroatoms. The Balaban J connectivity index is 1.45. The molecule has 37 heavy (non-hydrogen) atoms. The van der Waals surface area contributed by atoms with Gasteiger partial charge in [0.2, 0.25) is 5.75 Å². The molecule has 3 aromatic carbocycles. The first-order chi connectivity index (χ1) is 17.9. The summed E-state index contributed by atoms with van der Waals surface area (Å²) in [6.45, 7) is 0.